The molecule has 188 valence electrons. The van der Waals surface area contributed by atoms with E-state index in [4.69, 9.17) is 28.6 Å². The number of anilines is 2. The molecule has 2 N–H and O–H groups in total. The van der Waals surface area contributed by atoms with E-state index >= 15 is 0 Å². The van der Waals surface area contributed by atoms with E-state index in [1.807, 2.05) is 47.5 Å². The molecule has 7 nitrogen and oxygen atoms in total. The molecule has 10 heteroatoms. The number of benzene rings is 2. The molecule has 2 aromatic carbocycles. The standard InChI is InChI=1S/C26H27ClN4O3S2/c1-2-14-34-20-6-3-5-18(16-20)24(32)29-26(35)28-19-8-9-22(21(27)17-19)30-10-12-31(13-11-30)25(33)23-7-4-15-36-23/h3-9,15-17H,2,10-14H2,1H3,(H2,28,29,32,35). The monoisotopic (exact) mass is 542 g/mol. The van der Waals surface area contributed by atoms with Crippen molar-refractivity contribution in [1.29, 1.82) is 0 Å². The average Bonchev–Trinajstić information content (AvgIpc) is 3.42. The zero-order chi connectivity index (χ0) is 25.5. The predicted octanol–water partition coefficient (Wildman–Crippen LogP) is 5.28. The maximum atomic E-state index is 12.6. The molecule has 1 aromatic heterocycles. The highest BCUT2D eigenvalue weighted by atomic mass is 35.5. The second kappa shape index (κ2) is 12.2. The summed E-state index contributed by atoms with van der Waals surface area (Å²) in [5.74, 6) is 0.390. The number of nitrogens with zero attached hydrogens (tertiary/aromatic N) is 2. The molecule has 0 radical (unpaired) electrons. The first kappa shape index (κ1) is 25.9. The van der Waals surface area contributed by atoms with Crippen LogP contribution in [0.15, 0.2) is 60.0 Å². The SMILES string of the molecule is CCCOc1cccc(C(=O)NC(=S)Nc2ccc(N3CCN(C(=O)c4cccs4)CC3)c(Cl)c2)c1. The van der Waals surface area contributed by atoms with Crippen molar-refractivity contribution in [1.82, 2.24) is 10.2 Å². The van der Waals surface area contributed by atoms with Crippen molar-refractivity contribution < 1.29 is 14.3 Å². The van der Waals surface area contributed by atoms with Crippen LogP contribution in [0.1, 0.15) is 33.4 Å². The van der Waals surface area contributed by atoms with Gasteiger partial charge in [-0.1, -0.05) is 30.7 Å². The van der Waals surface area contributed by atoms with E-state index in [0.717, 1.165) is 17.0 Å². The highest BCUT2D eigenvalue weighted by Gasteiger charge is 2.24. The smallest absolute Gasteiger partial charge is 0.264 e. The Kier molecular flexibility index (Phi) is 8.79. The molecule has 3 aromatic rings. The number of thiocarbonyl (C=S) groups is 1. The van der Waals surface area contributed by atoms with Gasteiger partial charge in [-0.3, -0.25) is 14.9 Å². The normalized spacial score (nSPS) is 13.3. The lowest BCUT2D eigenvalue weighted by atomic mass is 10.2. The van der Waals surface area contributed by atoms with Crippen molar-refractivity contribution in [3.8, 4) is 5.75 Å². The Hall–Kier alpha value is -3.14. The summed E-state index contributed by atoms with van der Waals surface area (Å²) in [6.45, 7) is 5.26. The van der Waals surface area contributed by atoms with Crippen LogP contribution in [0, 0.1) is 0 Å². The minimum absolute atomic E-state index is 0.0751. The van der Waals surface area contributed by atoms with E-state index in [1.165, 1.54) is 11.3 Å². The quantitative estimate of drug-likeness (QED) is 0.396. The molecule has 1 aliphatic rings. The van der Waals surface area contributed by atoms with Crippen LogP contribution in [0.5, 0.6) is 5.75 Å². The number of rotatable bonds is 7. The van der Waals surface area contributed by atoms with Crippen molar-refractivity contribution in [3.05, 3.63) is 75.4 Å². The van der Waals surface area contributed by atoms with Crippen LogP contribution in [0.25, 0.3) is 0 Å². The third kappa shape index (κ3) is 6.54. The number of carbonyl (C=O) groups is 2. The number of hydrogen-bond donors (Lipinski definition) is 2. The van der Waals surface area contributed by atoms with Gasteiger partial charge in [-0.2, -0.15) is 0 Å². The van der Waals surface area contributed by atoms with Gasteiger partial charge in [0.25, 0.3) is 11.8 Å². The van der Waals surface area contributed by atoms with Crippen LogP contribution in [0.3, 0.4) is 0 Å². The minimum atomic E-state index is -0.327. The third-order valence-corrected chi connectivity index (χ3v) is 7.01. The van der Waals surface area contributed by atoms with E-state index in [9.17, 15) is 9.59 Å². The van der Waals surface area contributed by atoms with Crippen molar-refractivity contribution in [3.63, 3.8) is 0 Å². The summed E-state index contributed by atoms with van der Waals surface area (Å²) in [4.78, 5) is 30.0. The van der Waals surface area contributed by atoms with Crippen molar-refractivity contribution in [2.75, 3.05) is 43.0 Å². The first-order chi connectivity index (χ1) is 17.4. The Balaban J connectivity index is 1.31. The van der Waals surface area contributed by atoms with Gasteiger partial charge in [0.1, 0.15) is 5.75 Å². The molecule has 2 amide bonds. The Morgan fingerprint density at radius 3 is 2.58 bits per heavy atom. The van der Waals surface area contributed by atoms with Gasteiger partial charge in [-0.25, -0.2) is 0 Å². The summed E-state index contributed by atoms with van der Waals surface area (Å²) >= 11 is 13.4. The van der Waals surface area contributed by atoms with Gasteiger partial charge in [-0.15, -0.1) is 11.3 Å². The molecular formula is C26H27ClN4O3S2. The molecule has 36 heavy (non-hydrogen) atoms. The van der Waals surface area contributed by atoms with Crippen LogP contribution >= 0.6 is 35.2 Å². The van der Waals surface area contributed by atoms with Gasteiger partial charge in [0, 0.05) is 37.4 Å². The molecule has 1 fully saturated rings. The van der Waals surface area contributed by atoms with Crippen LogP contribution in [0.2, 0.25) is 5.02 Å². The summed E-state index contributed by atoms with van der Waals surface area (Å²) in [6.07, 6.45) is 0.886. The number of ether oxygens (including phenoxy) is 1. The topological polar surface area (TPSA) is 73.9 Å². The summed E-state index contributed by atoms with van der Waals surface area (Å²) < 4.78 is 5.59. The fraction of sp³-hybridized carbons (Fsp3) is 0.269. The lowest BCUT2D eigenvalue weighted by Gasteiger charge is -2.36. The summed E-state index contributed by atoms with van der Waals surface area (Å²) in [5, 5.41) is 8.35. The molecule has 0 spiro atoms. The summed E-state index contributed by atoms with van der Waals surface area (Å²) in [7, 11) is 0. The first-order valence-corrected chi connectivity index (χ1v) is 13.3. The fourth-order valence-electron chi connectivity index (χ4n) is 3.83. The van der Waals surface area contributed by atoms with Crippen molar-refractivity contribution >= 4 is 63.5 Å². The molecule has 0 unspecified atom stereocenters. The number of carbonyl (C=O) groups excluding carboxylic acids is 2. The molecule has 1 saturated heterocycles. The molecule has 0 saturated carbocycles. The van der Waals surface area contributed by atoms with E-state index in [1.54, 1.807) is 24.3 Å². The molecule has 1 aliphatic heterocycles. The van der Waals surface area contributed by atoms with Crippen molar-refractivity contribution in [2.45, 2.75) is 13.3 Å². The highest BCUT2D eigenvalue weighted by molar-refractivity contribution is 7.80. The number of amides is 2. The number of halogens is 1. The summed E-state index contributed by atoms with van der Waals surface area (Å²) in [5.41, 5.74) is 2.02. The average molecular weight is 543 g/mol. The number of nitrogens with one attached hydrogen (secondary N) is 2. The van der Waals surface area contributed by atoms with Crippen LogP contribution in [-0.4, -0.2) is 54.6 Å². The Morgan fingerprint density at radius 2 is 1.89 bits per heavy atom. The number of hydrogen-bond acceptors (Lipinski definition) is 6. The Bertz CT molecular complexity index is 1230. The molecule has 0 atom stereocenters. The van der Waals surface area contributed by atoms with Gasteiger partial charge in [0.2, 0.25) is 0 Å². The Morgan fingerprint density at radius 1 is 1.08 bits per heavy atom. The third-order valence-electron chi connectivity index (χ3n) is 5.64. The van der Waals surface area contributed by atoms with Crippen LogP contribution in [-0.2, 0) is 0 Å². The maximum absolute atomic E-state index is 12.6. The predicted molar refractivity (Wildman–Crippen MR) is 150 cm³/mol. The Labute approximate surface area is 225 Å². The molecule has 0 aliphatic carbocycles. The van der Waals surface area contributed by atoms with Crippen molar-refractivity contribution in [2.24, 2.45) is 0 Å². The minimum Gasteiger partial charge on any atom is -0.494 e. The van der Waals surface area contributed by atoms with Gasteiger partial charge in [-0.05, 0) is 66.5 Å². The zero-order valence-corrected chi connectivity index (χ0v) is 22.2. The highest BCUT2D eigenvalue weighted by Crippen LogP contribution is 2.30. The lowest BCUT2D eigenvalue weighted by molar-refractivity contribution is 0.0751. The van der Waals surface area contributed by atoms with E-state index in [2.05, 4.69) is 15.5 Å². The van der Waals surface area contributed by atoms with Gasteiger partial charge < -0.3 is 19.9 Å². The van der Waals surface area contributed by atoms with Gasteiger partial charge in [0.05, 0.1) is 22.2 Å². The zero-order valence-electron chi connectivity index (χ0n) is 19.8. The van der Waals surface area contributed by atoms with E-state index in [0.29, 0.717) is 54.8 Å². The molecule has 2 heterocycles. The molecule has 4 rings (SSSR count). The van der Waals surface area contributed by atoms with Crippen LogP contribution < -0.4 is 20.3 Å². The van der Waals surface area contributed by atoms with Crippen LogP contribution in [0.4, 0.5) is 11.4 Å². The second-order valence-corrected chi connectivity index (χ2v) is 9.97. The largest absolute Gasteiger partial charge is 0.494 e. The van der Waals surface area contributed by atoms with E-state index in [-0.39, 0.29) is 16.9 Å². The van der Waals surface area contributed by atoms with E-state index < -0.39 is 0 Å². The maximum Gasteiger partial charge on any atom is 0.264 e. The van der Waals surface area contributed by atoms with Gasteiger partial charge in [0.15, 0.2) is 5.11 Å². The fourth-order valence-corrected chi connectivity index (χ4v) is 5.03. The molecule has 0 bridgehead atoms. The second-order valence-electron chi connectivity index (χ2n) is 8.21. The van der Waals surface area contributed by atoms with Gasteiger partial charge >= 0.3 is 0 Å². The number of piperazine rings is 1. The first-order valence-electron chi connectivity index (χ1n) is 11.7. The summed E-state index contributed by atoms with van der Waals surface area (Å²) in [6, 6.07) is 16.3. The molecular weight excluding hydrogens is 516 g/mol. The number of thiophene rings is 1. The lowest BCUT2D eigenvalue weighted by Crippen LogP contribution is -2.48.